The Morgan fingerprint density at radius 3 is 2.48 bits per heavy atom. The predicted octanol–water partition coefficient (Wildman–Crippen LogP) is 3.12. The molecule has 214 valence electrons. The fourth-order valence-corrected chi connectivity index (χ4v) is 4.55. The molecule has 3 N–H and O–H groups in total. The van der Waals surface area contributed by atoms with Crippen molar-refractivity contribution in [1.82, 2.24) is 24.4 Å². The van der Waals surface area contributed by atoms with Gasteiger partial charge in [-0.15, -0.1) is 0 Å². The third-order valence-electron chi connectivity index (χ3n) is 6.90. The average molecular weight is 560 g/mol. The minimum Gasteiger partial charge on any atom is -0.388 e. The van der Waals surface area contributed by atoms with E-state index in [0.717, 1.165) is 17.8 Å². The van der Waals surface area contributed by atoms with Crippen LogP contribution in [-0.4, -0.2) is 67.2 Å². The molecule has 1 aromatic carbocycles. The Bertz CT molecular complexity index is 1340. The molecule has 1 atom stereocenters. The van der Waals surface area contributed by atoms with Crippen molar-refractivity contribution < 1.29 is 23.1 Å². The molecule has 1 aliphatic heterocycles. The van der Waals surface area contributed by atoms with Gasteiger partial charge in [0.2, 0.25) is 11.9 Å². The molecule has 0 saturated carbocycles. The quantitative estimate of drug-likeness (QED) is 0.324. The number of halogens is 3. The van der Waals surface area contributed by atoms with Gasteiger partial charge in [0.05, 0.1) is 18.5 Å². The molecule has 40 heavy (non-hydrogen) atoms. The Kier molecular flexibility index (Phi) is 9.03. The van der Waals surface area contributed by atoms with E-state index in [2.05, 4.69) is 25.6 Å². The maximum Gasteiger partial charge on any atom is 0.433 e. The van der Waals surface area contributed by atoms with Crippen molar-refractivity contribution in [1.29, 1.82) is 0 Å². The number of likely N-dealkylation sites (tertiary alicyclic amines) is 1. The lowest BCUT2D eigenvalue weighted by Crippen LogP contribution is -2.49. The molecule has 0 unspecified atom stereocenters. The van der Waals surface area contributed by atoms with Gasteiger partial charge in [0.1, 0.15) is 11.5 Å². The molecule has 10 nitrogen and oxygen atoms in total. The van der Waals surface area contributed by atoms with E-state index in [1.54, 1.807) is 4.90 Å². The molecule has 3 heterocycles. The number of aliphatic hydroxyl groups is 1. The van der Waals surface area contributed by atoms with Crippen LogP contribution in [0.25, 0.3) is 0 Å². The molecule has 0 bridgehead atoms. The molecule has 2 aromatic heterocycles. The number of amides is 1. The maximum absolute atomic E-state index is 12.8. The van der Waals surface area contributed by atoms with Gasteiger partial charge >= 0.3 is 6.18 Å². The number of hydrogen-bond acceptors (Lipinski definition) is 8. The van der Waals surface area contributed by atoms with E-state index in [1.165, 1.54) is 17.0 Å². The van der Waals surface area contributed by atoms with Crippen LogP contribution in [0.4, 0.5) is 24.9 Å². The van der Waals surface area contributed by atoms with Crippen molar-refractivity contribution in [2.75, 3.05) is 36.8 Å². The van der Waals surface area contributed by atoms with E-state index < -0.39 is 17.5 Å². The summed E-state index contributed by atoms with van der Waals surface area (Å²) in [5, 5.41) is 16.7. The molecular formula is C27H32F3N7O3. The summed E-state index contributed by atoms with van der Waals surface area (Å²) in [4.78, 5) is 38.6. The minimum absolute atomic E-state index is 0.0433. The van der Waals surface area contributed by atoms with Gasteiger partial charge < -0.3 is 20.6 Å². The first-order valence-electron chi connectivity index (χ1n) is 13.0. The van der Waals surface area contributed by atoms with E-state index in [4.69, 9.17) is 0 Å². The van der Waals surface area contributed by atoms with Gasteiger partial charge in [0.15, 0.2) is 0 Å². The van der Waals surface area contributed by atoms with Crippen LogP contribution in [0.15, 0.2) is 59.8 Å². The third-order valence-corrected chi connectivity index (χ3v) is 6.90. The van der Waals surface area contributed by atoms with Crippen molar-refractivity contribution in [3.05, 3.63) is 76.6 Å². The number of carbonyl (C=O) groups excluding carboxylic acids is 1. The molecule has 0 spiro atoms. The monoisotopic (exact) mass is 559 g/mol. The van der Waals surface area contributed by atoms with E-state index in [0.29, 0.717) is 32.4 Å². The van der Waals surface area contributed by atoms with Gasteiger partial charge in [-0.3, -0.25) is 14.2 Å². The van der Waals surface area contributed by atoms with Crippen LogP contribution < -0.4 is 16.2 Å². The molecule has 1 fully saturated rings. The van der Waals surface area contributed by atoms with Crippen LogP contribution in [0.1, 0.15) is 43.4 Å². The summed E-state index contributed by atoms with van der Waals surface area (Å²) >= 11 is 0. The van der Waals surface area contributed by atoms with E-state index in [-0.39, 0.29) is 48.8 Å². The number of piperidine rings is 1. The zero-order chi connectivity index (χ0) is 28.8. The Hall–Kier alpha value is -4.00. The molecule has 1 saturated heterocycles. The standard InChI is InChI=1S/C27H32F3N7O3/c1-19(20-5-3-2-4-6-20)15-23(38)36-13-8-26(40,9-14-36)17-37-18-34-22(16-24(37)39)31-11-12-33-25-32-10-7-21(35-25)27(28,29)30/h2-7,10,16,18-19,31,40H,8-9,11-15,17H2,1H3,(H,32,33,35)/t19-/m1/s1. The van der Waals surface area contributed by atoms with Gasteiger partial charge in [-0.25, -0.2) is 15.0 Å². The lowest BCUT2D eigenvalue weighted by atomic mass is 9.90. The SMILES string of the molecule is C[C@H](CC(=O)N1CCC(O)(Cn2cnc(NCCNc3nccc(C(F)(F)F)n3)cc2=O)CC1)c1ccccc1. The molecule has 4 rings (SSSR count). The smallest absolute Gasteiger partial charge is 0.388 e. The summed E-state index contributed by atoms with van der Waals surface area (Å²) in [6, 6.07) is 11.9. The Morgan fingerprint density at radius 2 is 1.80 bits per heavy atom. The zero-order valence-electron chi connectivity index (χ0n) is 22.1. The number of carbonyl (C=O) groups is 1. The first kappa shape index (κ1) is 29.0. The second kappa shape index (κ2) is 12.5. The molecule has 0 aliphatic carbocycles. The maximum atomic E-state index is 12.8. The van der Waals surface area contributed by atoms with Crippen LogP contribution in [0.2, 0.25) is 0 Å². The highest BCUT2D eigenvalue weighted by Gasteiger charge is 2.35. The van der Waals surface area contributed by atoms with Crippen molar-refractivity contribution in [3.8, 4) is 0 Å². The molecular weight excluding hydrogens is 527 g/mol. The first-order valence-corrected chi connectivity index (χ1v) is 13.0. The number of nitrogens with one attached hydrogen (secondary N) is 2. The average Bonchev–Trinajstić information content (AvgIpc) is 2.93. The summed E-state index contributed by atoms with van der Waals surface area (Å²) in [5.74, 6) is 0.261. The summed E-state index contributed by atoms with van der Waals surface area (Å²) in [7, 11) is 0. The molecule has 13 heteroatoms. The number of rotatable bonds is 10. The van der Waals surface area contributed by atoms with Gasteiger partial charge in [0.25, 0.3) is 5.56 Å². The Morgan fingerprint density at radius 1 is 1.10 bits per heavy atom. The second-order valence-corrected chi connectivity index (χ2v) is 9.98. The van der Waals surface area contributed by atoms with Crippen LogP contribution >= 0.6 is 0 Å². The van der Waals surface area contributed by atoms with E-state index in [9.17, 15) is 27.9 Å². The van der Waals surface area contributed by atoms with Crippen LogP contribution in [0.5, 0.6) is 0 Å². The van der Waals surface area contributed by atoms with Gasteiger partial charge in [0, 0.05) is 44.9 Å². The number of anilines is 2. The Balaban J connectivity index is 1.23. The van der Waals surface area contributed by atoms with E-state index in [1.807, 2.05) is 37.3 Å². The summed E-state index contributed by atoms with van der Waals surface area (Å²) < 4.78 is 39.6. The van der Waals surface area contributed by atoms with Gasteiger partial charge in [-0.1, -0.05) is 37.3 Å². The Labute approximate surface area is 229 Å². The number of aromatic nitrogens is 4. The molecule has 0 radical (unpaired) electrons. The molecule has 1 amide bonds. The van der Waals surface area contributed by atoms with Crippen LogP contribution in [0.3, 0.4) is 0 Å². The lowest BCUT2D eigenvalue weighted by Gasteiger charge is -2.38. The lowest BCUT2D eigenvalue weighted by molar-refractivity contribution is -0.141. The highest BCUT2D eigenvalue weighted by atomic mass is 19.4. The number of alkyl halides is 3. The minimum atomic E-state index is -4.56. The second-order valence-electron chi connectivity index (χ2n) is 9.98. The fourth-order valence-electron chi connectivity index (χ4n) is 4.55. The topological polar surface area (TPSA) is 125 Å². The normalized spacial score (nSPS) is 15.9. The fraction of sp³-hybridized carbons (Fsp3) is 0.444. The number of hydrogen-bond donors (Lipinski definition) is 3. The van der Waals surface area contributed by atoms with Crippen molar-refractivity contribution in [2.24, 2.45) is 0 Å². The summed E-state index contributed by atoms with van der Waals surface area (Å²) in [5.41, 5.74) is -1.44. The molecule has 1 aliphatic rings. The van der Waals surface area contributed by atoms with Crippen molar-refractivity contribution >= 4 is 17.7 Å². The zero-order valence-corrected chi connectivity index (χ0v) is 22.1. The highest BCUT2D eigenvalue weighted by Crippen LogP contribution is 2.28. The van der Waals surface area contributed by atoms with Crippen LogP contribution in [-0.2, 0) is 17.5 Å². The predicted molar refractivity (Wildman–Crippen MR) is 143 cm³/mol. The van der Waals surface area contributed by atoms with Gasteiger partial charge in [-0.2, -0.15) is 13.2 Å². The number of benzene rings is 1. The first-order chi connectivity index (χ1) is 19.0. The summed E-state index contributed by atoms with van der Waals surface area (Å²) in [6.07, 6.45) is -1.13. The summed E-state index contributed by atoms with van der Waals surface area (Å²) in [6.45, 7) is 3.31. The number of nitrogens with zero attached hydrogens (tertiary/aromatic N) is 5. The molecule has 3 aromatic rings. The highest BCUT2D eigenvalue weighted by molar-refractivity contribution is 5.77. The van der Waals surface area contributed by atoms with Crippen molar-refractivity contribution in [3.63, 3.8) is 0 Å². The van der Waals surface area contributed by atoms with Crippen molar-refractivity contribution in [2.45, 2.75) is 50.4 Å². The van der Waals surface area contributed by atoms with Crippen LogP contribution in [0, 0.1) is 0 Å². The third kappa shape index (κ3) is 7.78. The van der Waals surface area contributed by atoms with E-state index >= 15 is 0 Å². The largest absolute Gasteiger partial charge is 0.433 e. The van der Waals surface area contributed by atoms with Gasteiger partial charge in [-0.05, 0) is 30.4 Å².